The molecule has 0 aliphatic carbocycles. The van der Waals surface area contributed by atoms with Crippen molar-refractivity contribution in [1.82, 2.24) is 19.7 Å². The van der Waals surface area contributed by atoms with Gasteiger partial charge in [-0.1, -0.05) is 18.2 Å². The van der Waals surface area contributed by atoms with E-state index >= 15 is 0 Å². The van der Waals surface area contributed by atoms with E-state index in [-0.39, 0.29) is 6.04 Å². The highest BCUT2D eigenvalue weighted by molar-refractivity contribution is 5.81. The molecule has 3 N–H and O–H groups in total. The van der Waals surface area contributed by atoms with Gasteiger partial charge in [0.2, 0.25) is 0 Å². The molecule has 0 amide bonds. The van der Waals surface area contributed by atoms with E-state index in [2.05, 4.69) is 27.2 Å². The van der Waals surface area contributed by atoms with Gasteiger partial charge < -0.3 is 10.7 Å². The molecule has 0 bridgehead atoms. The average molecular weight is 241 g/mol. The Morgan fingerprint density at radius 2 is 2.22 bits per heavy atom. The van der Waals surface area contributed by atoms with Crippen LogP contribution in [0.25, 0.3) is 10.9 Å². The molecule has 3 aromatic rings. The number of hydrogen-bond donors (Lipinski definition) is 2. The number of imidazole rings is 1. The second kappa shape index (κ2) is 4.27. The maximum absolute atomic E-state index is 6.13. The van der Waals surface area contributed by atoms with Crippen LogP contribution in [0.5, 0.6) is 0 Å². The van der Waals surface area contributed by atoms with Crippen molar-refractivity contribution in [3.63, 3.8) is 0 Å². The minimum absolute atomic E-state index is 0.154. The molecule has 0 saturated carbocycles. The minimum atomic E-state index is -0.154. The summed E-state index contributed by atoms with van der Waals surface area (Å²) in [6.45, 7) is 0. The number of rotatable bonds is 3. The molecule has 92 valence electrons. The molecule has 5 nitrogen and oxygen atoms in total. The Kier molecular flexibility index (Phi) is 2.60. The Bertz CT molecular complexity index is 653. The van der Waals surface area contributed by atoms with Crippen LogP contribution >= 0.6 is 0 Å². The van der Waals surface area contributed by atoms with Gasteiger partial charge in [-0.3, -0.25) is 4.68 Å². The monoisotopic (exact) mass is 241 g/mol. The second-order valence-electron chi connectivity index (χ2n) is 4.37. The highest BCUT2D eigenvalue weighted by Gasteiger charge is 2.14. The summed E-state index contributed by atoms with van der Waals surface area (Å²) >= 11 is 0. The van der Waals surface area contributed by atoms with Crippen LogP contribution in [0, 0.1) is 0 Å². The van der Waals surface area contributed by atoms with Gasteiger partial charge in [0.1, 0.15) is 5.82 Å². The number of nitrogens with two attached hydrogens (primary N) is 1. The molecule has 0 saturated heterocycles. The quantitative estimate of drug-likeness (QED) is 0.730. The third-order valence-electron chi connectivity index (χ3n) is 3.12. The lowest BCUT2D eigenvalue weighted by Crippen LogP contribution is -2.15. The fraction of sp³-hybridized carbons (Fsp3) is 0.231. The number of aryl methyl sites for hydroxylation is 1. The van der Waals surface area contributed by atoms with Crippen LogP contribution in [0.2, 0.25) is 0 Å². The average Bonchev–Trinajstić information content (AvgIpc) is 3.00. The first-order valence-electron chi connectivity index (χ1n) is 5.91. The van der Waals surface area contributed by atoms with Crippen LogP contribution in [0.4, 0.5) is 0 Å². The zero-order valence-electron chi connectivity index (χ0n) is 10.2. The van der Waals surface area contributed by atoms with Gasteiger partial charge in [0.05, 0.1) is 17.3 Å². The summed E-state index contributed by atoms with van der Waals surface area (Å²) in [5, 5.41) is 5.69. The number of fused-ring (bicyclic) bond motifs is 1. The zero-order valence-corrected chi connectivity index (χ0v) is 10.2. The van der Waals surface area contributed by atoms with Gasteiger partial charge in [-0.2, -0.15) is 5.10 Å². The molecular formula is C13H15N5. The smallest absolute Gasteiger partial charge is 0.123 e. The third kappa shape index (κ3) is 1.78. The first kappa shape index (κ1) is 11.0. The Hall–Kier alpha value is -2.14. The molecule has 0 aliphatic rings. The Morgan fingerprint density at radius 3 is 3.00 bits per heavy atom. The summed E-state index contributed by atoms with van der Waals surface area (Å²) in [5.74, 6) is 0.796. The fourth-order valence-corrected chi connectivity index (χ4v) is 2.22. The first-order valence-corrected chi connectivity index (χ1v) is 5.91. The van der Waals surface area contributed by atoms with Gasteiger partial charge in [0, 0.05) is 31.2 Å². The van der Waals surface area contributed by atoms with Gasteiger partial charge in [-0.25, -0.2) is 4.98 Å². The first-order chi connectivity index (χ1) is 8.75. The molecule has 3 rings (SSSR count). The van der Waals surface area contributed by atoms with Crippen molar-refractivity contribution in [2.75, 3.05) is 0 Å². The van der Waals surface area contributed by atoms with E-state index in [0.717, 1.165) is 22.4 Å². The van der Waals surface area contributed by atoms with E-state index in [4.69, 9.17) is 5.73 Å². The van der Waals surface area contributed by atoms with Gasteiger partial charge in [-0.05, 0) is 6.07 Å². The summed E-state index contributed by atoms with van der Waals surface area (Å²) in [6.07, 6.45) is 4.17. The van der Waals surface area contributed by atoms with E-state index in [9.17, 15) is 0 Å². The summed E-state index contributed by atoms with van der Waals surface area (Å²) in [4.78, 5) is 7.23. The van der Waals surface area contributed by atoms with Crippen molar-refractivity contribution in [2.45, 2.75) is 12.5 Å². The Balaban J connectivity index is 1.96. The number of aromatic nitrogens is 4. The highest BCUT2D eigenvalue weighted by Crippen LogP contribution is 2.21. The zero-order chi connectivity index (χ0) is 12.5. The number of benzene rings is 1. The normalized spacial score (nSPS) is 13.0. The number of nitrogens with zero attached hydrogens (tertiary/aromatic N) is 3. The van der Waals surface area contributed by atoms with Gasteiger partial charge >= 0.3 is 0 Å². The van der Waals surface area contributed by atoms with Crippen molar-refractivity contribution in [3.8, 4) is 0 Å². The minimum Gasteiger partial charge on any atom is -0.347 e. The lowest BCUT2D eigenvalue weighted by Gasteiger charge is -2.06. The van der Waals surface area contributed by atoms with E-state index in [0.29, 0.717) is 6.42 Å². The highest BCUT2D eigenvalue weighted by atomic mass is 15.3. The van der Waals surface area contributed by atoms with Crippen molar-refractivity contribution in [3.05, 3.63) is 48.2 Å². The largest absolute Gasteiger partial charge is 0.347 e. The molecular weight excluding hydrogens is 226 g/mol. The van der Waals surface area contributed by atoms with Crippen LogP contribution in [0.15, 0.2) is 36.7 Å². The summed E-state index contributed by atoms with van der Waals surface area (Å²) in [5.41, 5.74) is 8.26. The molecule has 1 aromatic carbocycles. The molecule has 5 heteroatoms. The summed E-state index contributed by atoms with van der Waals surface area (Å²) in [6, 6.07) is 8.02. The van der Waals surface area contributed by atoms with Crippen LogP contribution in [0.1, 0.15) is 17.6 Å². The maximum atomic E-state index is 6.13. The van der Waals surface area contributed by atoms with E-state index in [1.807, 2.05) is 23.9 Å². The molecule has 18 heavy (non-hydrogen) atoms. The van der Waals surface area contributed by atoms with Crippen LogP contribution < -0.4 is 5.73 Å². The van der Waals surface area contributed by atoms with Gasteiger partial charge in [0.15, 0.2) is 0 Å². The molecule has 2 aromatic heterocycles. The summed E-state index contributed by atoms with van der Waals surface area (Å²) in [7, 11) is 1.95. The fourth-order valence-electron chi connectivity index (χ4n) is 2.22. The van der Waals surface area contributed by atoms with Crippen LogP contribution in [0.3, 0.4) is 0 Å². The van der Waals surface area contributed by atoms with Crippen molar-refractivity contribution < 1.29 is 0 Å². The molecule has 1 unspecified atom stereocenters. The number of nitrogens with one attached hydrogen (secondary N) is 1. The molecule has 0 radical (unpaired) electrons. The molecule has 0 fully saturated rings. The van der Waals surface area contributed by atoms with Crippen molar-refractivity contribution in [1.29, 1.82) is 0 Å². The van der Waals surface area contributed by atoms with Gasteiger partial charge in [0.25, 0.3) is 0 Å². The SMILES string of the molecule is Cn1nc(CC(N)c2ncc[nH]2)c2ccccc21. The third-order valence-corrected chi connectivity index (χ3v) is 3.12. The van der Waals surface area contributed by atoms with Crippen LogP contribution in [-0.2, 0) is 13.5 Å². The number of H-pyrrole nitrogens is 1. The number of para-hydroxylation sites is 1. The Morgan fingerprint density at radius 1 is 1.39 bits per heavy atom. The second-order valence-corrected chi connectivity index (χ2v) is 4.37. The van der Waals surface area contributed by atoms with E-state index < -0.39 is 0 Å². The topological polar surface area (TPSA) is 72.5 Å². The lowest BCUT2D eigenvalue weighted by molar-refractivity contribution is 0.652. The lowest BCUT2D eigenvalue weighted by atomic mass is 10.1. The number of aromatic amines is 1. The van der Waals surface area contributed by atoms with Crippen molar-refractivity contribution >= 4 is 10.9 Å². The molecule has 0 aliphatic heterocycles. The summed E-state index contributed by atoms with van der Waals surface area (Å²) < 4.78 is 1.89. The predicted molar refractivity (Wildman–Crippen MR) is 69.9 cm³/mol. The molecule has 0 spiro atoms. The predicted octanol–water partition coefficient (Wildman–Crippen LogP) is 1.54. The van der Waals surface area contributed by atoms with Crippen LogP contribution in [-0.4, -0.2) is 19.7 Å². The number of hydrogen-bond acceptors (Lipinski definition) is 3. The van der Waals surface area contributed by atoms with E-state index in [1.54, 1.807) is 12.4 Å². The Labute approximate surface area is 105 Å². The van der Waals surface area contributed by atoms with E-state index in [1.165, 1.54) is 0 Å². The molecule has 1 atom stereocenters. The van der Waals surface area contributed by atoms with Gasteiger partial charge in [-0.15, -0.1) is 0 Å². The van der Waals surface area contributed by atoms with Crippen molar-refractivity contribution in [2.24, 2.45) is 12.8 Å². The standard InChI is InChI=1S/C13H15N5/c1-18-12-5-3-2-4-9(12)11(17-18)8-10(14)13-15-6-7-16-13/h2-7,10H,8,14H2,1H3,(H,15,16). The molecule has 2 heterocycles. The maximum Gasteiger partial charge on any atom is 0.123 e.